The lowest BCUT2D eigenvalue weighted by atomic mass is 10.1. The quantitative estimate of drug-likeness (QED) is 0.803. The molecule has 1 aromatic carbocycles. The number of rotatable bonds is 6. The molecule has 0 aliphatic heterocycles. The molecule has 0 aliphatic carbocycles. The van der Waals surface area contributed by atoms with E-state index in [2.05, 4.69) is 5.32 Å². The second-order valence-corrected chi connectivity index (χ2v) is 5.28. The summed E-state index contributed by atoms with van der Waals surface area (Å²) in [6.07, 6.45) is 0.148. The van der Waals surface area contributed by atoms with Crippen LogP contribution in [0.25, 0.3) is 0 Å². The number of benzene rings is 1. The molecular weight excluding hydrogens is 242 g/mol. The van der Waals surface area contributed by atoms with Crippen molar-refractivity contribution in [2.24, 2.45) is 0 Å². The van der Waals surface area contributed by atoms with Crippen molar-refractivity contribution in [1.82, 2.24) is 5.32 Å². The van der Waals surface area contributed by atoms with Gasteiger partial charge in [-0.05, 0) is 45.4 Å². The van der Waals surface area contributed by atoms with E-state index in [4.69, 9.17) is 9.47 Å². The first-order valence-corrected chi connectivity index (χ1v) is 6.44. The summed E-state index contributed by atoms with van der Waals surface area (Å²) in [5.41, 5.74) is 0.360. The summed E-state index contributed by atoms with van der Waals surface area (Å²) in [4.78, 5) is 11.6. The largest absolute Gasteiger partial charge is 0.491 e. The Labute approximate surface area is 115 Å². The van der Waals surface area contributed by atoms with Crippen molar-refractivity contribution in [2.45, 2.75) is 45.9 Å². The first-order chi connectivity index (χ1) is 8.85. The van der Waals surface area contributed by atoms with Crippen LogP contribution in [0.5, 0.6) is 5.75 Å². The van der Waals surface area contributed by atoms with E-state index in [1.165, 1.54) is 7.11 Å². The Hall–Kier alpha value is -1.55. The van der Waals surface area contributed by atoms with Gasteiger partial charge in [0.1, 0.15) is 11.3 Å². The highest BCUT2D eigenvalue weighted by Gasteiger charge is 2.27. The van der Waals surface area contributed by atoms with Gasteiger partial charge in [0.25, 0.3) is 0 Å². The zero-order chi connectivity index (χ0) is 14.5. The molecule has 19 heavy (non-hydrogen) atoms. The predicted octanol–water partition coefficient (Wildman–Crippen LogP) is 2.52. The maximum absolute atomic E-state index is 11.6. The maximum atomic E-state index is 11.6. The molecule has 0 heterocycles. The lowest BCUT2D eigenvalue weighted by molar-refractivity contribution is -0.147. The third-order valence-electron chi connectivity index (χ3n) is 2.70. The molecule has 0 spiro atoms. The first kappa shape index (κ1) is 15.5. The SMILES string of the molecule is COC(=O)C(C)(C)NCc1cccc(OC(C)C)c1. The van der Waals surface area contributed by atoms with Crippen LogP contribution in [0.15, 0.2) is 24.3 Å². The molecule has 0 saturated heterocycles. The van der Waals surface area contributed by atoms with Crippen LogP contribution in [0.3, 0.4) is 0 Å². The van der Waals surface area contributed by atoms with Crippen LogP contribution in [0, 0.1) is 0 Å². The minimum absolute atomic E-state index is 0.148. The second-order valence-electron chi connectivity index (χ2n) is 5.28. The van der Waals surface area contributed by atoms with Crippen LogP contribution in [-0.2, 0) is 16.1 Å². The van der Waals surface area contributed by atoms with E-state index in [1.54, 1.807) is 13.8 Å². The van der Waals surface area contributed by atoms with Gasteiger partial charge in [0.05, 0.1) is 13.2 Å². The number of methoxy groups -OCH3 is 1. The molecule has 0 unspecified atom stereocenters. The Bertz CT molecular complexity index is 427. The molecule has 0 fully saturated rings. The van der Waals surface area contributed by atoms with E-state index in [9.17, 15) is 4.79 Å². The van der Waals surface area contributed by atoms with Crippen LogP contribution < -0.4 is 10.1 Å². The minimum atomic E-state index is -0.705. The maximum Gasteiger partial charge on any atom is 0.325 e. The van der Waals surface area contributed by atoms with E-state index < -0.39 is 5.54 Å². The van der Waals surface area contributed by atoms with Crippen molar-refractivity contribution in [3.63, 3.8) is 0 Å². The third-order valence-corrected chi connectivity index (χ3v) is 2.70. The van der Waals surface area contributed by atoms with E-state index in [1.807, 2.05) is 38.1 Å². The second kappa shape index (κ2) is 6.57. The average molecular weight is 265 g/mol. The number of hydrogen-bond donors (Lipinski definition) is 1. The number of ether oxygens (including phenoxy) is 2. The van der Waals surface area contributed by atoms with Crippen LogP contribution in [0.1, 0.15) is 33.3 Å². The molecule has 1 N–H and O–H groups in total. The number of esters is 1. The van der Waals surface area contributed by atoms with Crippen LogP contribution in [-0.4, -0.2) is 24.7 Å². The minimum Gasteiger partial charge on any atom is -0.491 e. The highest BCUT2D eigenvalue weighted by atomic mass is 16.5. The van der Waals surface area contributed by atoms with Crippen molar-refractivity contribution in [2.75, 3.05) is 7.11 Å². The summed E-state index contributed by atoms with van der Waals surface area (Å²) in [6, 6.07) is 7.84. The molecule has 1 rings (SSSR count). The summed E-state index contributed by atoms with van der Waals surface area (Å²) < 4.78 is 10.4. The number of carbonyl (C=O) groups is 1. The molecule has 4 nitrogen and oxygen atoms in total. The third kappa shape index (κ3) is 4.91. The molecule has 0 aliphatic rings. The van der Waals surface area contributed by atoms with Crippen molar-refractivity contribution in [1.29, 1.82) is 0 Å². The van der Waals surface area contributed by atoms with Crippen LogP contribution in [0.4, 0.5) is 0 Å². The van der Waals surface area contributed by atoms with Gasteiger partial charge >= 0.3 is 5.97 Å². The predicted molar refractivity (Wildman–Crippen MR) is 75.1 cm³/mol. The molecule has 0 saturated carbocycles. The molecule has 106 valence electrons. The van der Waals surface area contributed by atoms with Gasteiger partial charge in [0.15, 0.2) is 0 Å². The first-order valence-electron chi connectivity index (χ1n) is 6.44. The van der Waals surface area contributed by atoms with Gasteiger partial charge in [0, 0.05) is 6.54 Å². The Balaban J connectivity index is 2.65. The van der Waals surface area contributed by atoms with E-state index in [-0.39, 0.29) is 12.1 Å². The molecule has 0 amide bonds. The monoisotopic (exact) mass is 265 g/mol. The number of hydrogen-bond acceptors (Lipinski definition) is 4. The number of carbonyl (C=O) groups excluding carboxylic acids is 1. The standard InChI is InChI=1S/C15H23NO3/c1-11(2)19-13-8-6-7-12(9-13)10-16-15(3,4)14(17)18-5/h6-9,11,16H,10H2,1-5H3. The topological polar surface area (TPSA) is 47.6 Å². The summed E-state index contributed by atoms with van der Waals surface area (Å²) in [5.74, 6) is 0.562. The van der Waals surface area contributed by atoms with Crippen molar-refractivity contribution in [3.8, 4) is 5.75 Å². The van der Waals surface area contributed by atoms with Gasteiger partial charge < -0.3 is 9.47 Å². The fourth-order valence-electron chi connectivity index (χ4n) is 1.65. The van der Waals surface area contributed by atoms with Crippen molar-refractivity contribution < 1.29 is 14.3 Å². The lowest BCUT2D eigenvalue weighted by Gasteiger charge is -2.23. The summed E-state index contributed by atoms with van der Waals surface area (Å²) in [5, 5.41) is 3.18. The van der Waals surface area contributed by atoms with E-state index in [0.29, 0.717) is 6.54 Å². The Kier molecular flexibility index (Phi) is 5.36. The van der Waals surface area contributed by atoms with Crippen molar-refractivity contribution in [3.05, 3.63) is 29.8 Å². The van der Waals surface area contributed by atoms with Crippen molar-refractivity contribution >= 4 is 5.97 Å². The van der Waals surface area contributed by atoms with Crippen LogP contribution >= 0.6 is 0 Å². The Morgan fingerprint density at radius 2 is 2.05 bits per heavy atom. The fraction of sp³-hybridized carbons (Fsp3) is 0.533. The molecule has 1 aromatic rings. The molecule has 0 radical (unpaired) electrons. The molecule has 4 heteroatoms. The lowest BCUT2D eigenvalue weighted by Crippen LogP contribution is -2.46. The summed E-state index contributed by atoms with van der Waals surface area (Å²) in [6.45, 7) is 8.16. The normalized spacial score (nSPS) is 11.5. The van der Waals surface area contributed by atoms with Gasteiger partial charge in [-0.3, -0.25) is 10.1 Å². The van der Waals surface area contributed by atoms with Gasteiger partial charge in [-0.15, -0.1) is 0 Å². The van der Waals surface area contributed by atoms with E-state index in [0.717, 1.165) is 11.3 Å². The molecule has 0 atom stereocenters. The molecule has 0 aromatic heterocycles. The van der Waals surface area contributed by atoms with Crippen LogP contribution in [0.2, 0.25) is 0 Å². The molecule has 0 bridgehead atoms. The highest BCUT2D eigenvalue weighted by molar-refractivity contribution is 5.79. The summed E-state index contributed by atoms with van der Waals surface area (Å²) in [7, 11) is 1.39. The van der Waals surface area contributed by atoms with E-state index >= 15 is 0 Å². The van der Waals surface area contributed by atoms with Gasteiger partial charge in [0.2, 0.25) is 0 Å². The van der Waals surface area contributed by atoms with Gasteiger partial charge in [-0.25, -0.2) is 0 Å². The average Bonchev–Trinajstić information content (AvgIpc) is 2.35. The smallest absolute Gasteiger partial charge is 0.325 e. The molecular formula is C15H23NO3. The van der Waals surface area contributed by atoms with Gasteiger partial charge in [-0.2, -0.15) is 0 Å². The zero-order valence-corrected chi connectivity index (χ0v) is 12.3. The number of nitrogens with one attached hydrogen (secondary N) is 1. The summed E-state index contributed by atoms with van der Waals surface area (Å²) >= 11 is 0. The highest BCUT2D eigenvalue weighted by Crippen LogP contribution is 2.16. The Morgan fingerprint density at radius 1 is 1.37 bits per heavy atom. The zero-order valence-electron chi connectivity index (χ0n) is 12.3. The Morgan fingerprint density at radius 3 is 2.63 bits per heavy atom. The fourth-order valence-corrected chi connectivity index (χ4v) is 1.65. The van der Waals surface area contributed by atoms with Gasteiger partial charge in [-0.1, -0.05) is 12.1 Å².